The number of hydrazine groups is 1. The van der Waals surface area contributed by atoms with Gasteiger partial charge in [0.1, 0.15) is 5.82 Å². The maximum absolute atomic E-state index is 5.31. The predicted octanol–water partition coefficient (Wildman–Crippen LogP) is 2.89. The van der Waals surface area contributed by atoms with E-state index in [2.05, 4.69) is 15.7 Å². The van der Waals surface area contributed by atoms with Crippen molar-refractivity contribution in [1.82, 2.24) is 4.98 Å². The number of hydrogen-bond donors (Lipinski definition) is 3. The van der Waals surface area contributed by atoms with E-state index in [4.69, 9.17) is 5.84 Å². The van der Waals surface area contributed by atoms with Gasteiger partial charge in [0.05, 0.1) is 11.9 Å². The smallest absolute Gasteiger partial charge is 0.126 e. The van der Waals surface area contributed by atoms with Crippen LogP contribution in [0.15, 0.2) is 18.3 Å². The van der Waals surface area contributed by atoms with Gasteiger partial charge in [0, 0.05) is 6.04 Å². The van der Waals surface area contributed by atoms with Crippen molar-refractivity contribution in [3.63, 3.8) is 0 Å². The summed E-state index contributed by atoms with van der Waals surface area (Å²) in [7, 11) is 0. The first kappa shape index (κ1) is 12.2. The highest BCUT2D eigenvalue weighted by Crippen LogP contribution is 2.20. The minimum absolute atomic E-state index is 0.583. The molecule has 0 radical (unpaired) electrons. The van der Waals surface area contributed by atoms with Crippen LogP contribution in [0, 0.1) is 0 Å². The molecule has 1 aromatic heterocycles. The van der Waals surface area contributed by atoms with Crippen molar-refractivity contribution in [1.29, 1.82) is 0 Å². The van der Waals surface area contributed by atoms with E-state index in [-0.39, 0.29) is 0 Å². The Labute approximate surface area is 103 Å². The van der Waals surface area contributed by atoms with Gasteiger partial charge in [-0.3, -0.25) is 5.84 Å². The van der Waals surface area contributed by atoms with Crippen LogP contribution >= 0.6 is 0 Å². The maximum atomic E-state index is 5.31. The van der Waals surface area contributed by atoms with Crippen molar-refractivity contribution in [2.45, 2.75) is 51.0 Å². The predicted molar refractivity (Wildman–Crippen MR) is 71.8 cm³/mol. The van der Waals surface area contributed by atoms with Gasteiger partial charge in [-0.05, 0) is 25.0 Å². The second-order valence-corrected chi connectivity index (χ2v) is 4.76. The number of aromatic nitrogens is 1. The van der Waals surface area contributed by atoms with Gasteiger partial charge in [0.15, 0.2) is 0 Å². The maximum Gasteiger partial charge on any atom is 0.126 e. The lowest BCUT2D eigenvalue weighted by atomic mass is 9.97. The quantitative estimate of drug-likeness (QED) is 0.556. The van der Waals surface area contributed by atoms with Crippen molar-refractivity contribution in [3.8, 4) is 0 Å². The van der Waals surface area contributed by atoms with Crippen LogP contribution in [0.4, 0.5) is 11.5 Å². The van der Waals surface area contributed by atoms with E-state index < -0.39 is 0 Å². The van der Waals surface area contributed by atoms with Gasteiger partial charge in [-0.2, -0.15) is 0 Å². The number of nitrogen functional groups attached to an aromatic ring is 1. The Morgan fingerprint density at radius 1 is 1.06 bits per heavy atom. The summed E-state index contributed by atoms with van der Waals surface area (Å²) in [4.78, 5) is 4.34. The number of rotatable bonds is 3. The van der Waals surface area contributed by atoms with Crippen LogP contribution in [0.25, 0.3) is 0 Å². The van der Waals surface area contributed by atoms with Crippen molar-refractivity contribution in [3.05, 3.63) is 18.3 Å². The third-order valence-electron chi connectivity index (χ3n) is 3.39. The molecule has 1 saturated carbocycles. The molecule has 0 bridgehead atoms. The Kier molecular flexibility index (Phi) is 4.62. The molecule has 0 aromatic carbocycles. The van der Waals surface area contributed by atoms with Crippen molar-refractivity contribution >= 4 is 11.5 Å². The van der Waals surface area contributed by atoms with E-state index in [1.165, 1.54) is 44.9 Å². The molecule has 0 spiro atoms. The van der Waals surface area contributed by atoms with Gasteiger partial charge in [0.2, 0.25) is 0 Å². The fourth-order valence-corrected chi connectivity index (χ4v) is 2.37. The number of nitrogens with one attached hydrogen (secondary N) is 2. The fraction of sp³-hybridized carbons (Fsp3) is 0.615. The zero-order chi connectivity index (χ0) is 11.9. The molecular weight excluding hydrogens is 212 g/mol. The van der Waals surface area contributed by atoms with Crippen LogP contribution in [0.2, 0.25) is 0 Å². The Hall–Kier alpha value is -1.29. The molecule has 0 atom stereocenters. The monoisotopic (exact) mass is 234 g/mol. The van der Waals surface area contributed by atoms with Crippen LogP contribution in [0.3, 0.4) is 0 Å². The fourth-order valence-electron chi connectivity index (χ4n) is 2.37. The minimum Gasteiger partial charge on any atom is -0.367 e. The Morgan fingerprint density at radius 3 is 2.35 bits per heavy atom. The van der Waals surface area contributed by atoms with Gasteiger partial charge in [-0.15, -0.1) is 0 Å². The van der Waals surface area contributed by atoms with E-state index in [0.29, 0.717) is 6.04 Å². The van der Waals surface area contributed by atoms with Crippen LogP contribution < -0.4 is 16.6 Å². The molecule has 0 saturated heterocycles. The molecule has 17 heavy (non-hydrogen) atoms. The summed E-state index contributed by atoms with van der Waals surface area (Å²) in [5.74, 6) is 6.27. The molecule has 0 unspecified atom stereocenters. The highest BCUT2D eigenvalue weighted by Gasteiger charge is 2.11. The molecule has 1 heterocycles. The lowest BCUT2D eigenvalue weighted by Crippen LogP contribution is -2.21. The molecule has 94 valence electrons. The number of hydrogen-bond acceptors (Lipinski definition) is 4. The molecule has 4 N–H and O–H groups in total. The topological polar surface area (TPSA) is 63.0 Å². The standard InChI is InChI=1S/C13H22N4/c14-17-12-8-9-13(15-10-12)16-11-6-4-2-1-3-5-7-11/h8-11,17H,1-7,14H2,(H,15,16). The number of anilines is 2. The lowest BCUT2D eigenvalue weighted by Gasteiger charge is -2.21. The van der Waals surface area contributed by atoms with E-state index in [9.17, 15) is 0 Å². The third-order valence-corrected chi connectivity index (χ3v) is 3.39. The summed E-state index contributed by atoms with van der Waals surface area (Å²) < 4.78 is 0. The highest BCUT2D eigenvalue weighted by atomic mass is 15.2. The highest BCUT2D eigenvalue weighted by molar-refractivity contribution is 5.46. The van der Waals surface area contributed by atoms with Gasteiger partial charge < -0.3 is 10.7 Å². The van der Waals surface area contributed by atoms with Crippen molar-refractivity contribution in [2.75, 3.05) is 10.7 Å². The Balaban J connectivity index is 1.88. The van der Waals surface area contributed by atoms with Gasteiger partial charge >= 0.3 is 0 Å². The largest absolute Gasteiger partial charge is 0.367 e. The minimum atomic E-state index is 0.583. The molecular formula is C13H22N4. The molecule has 2 rings (SSSR count). The molecule has 0 aliphatic heterocycles. The van der Waals surface area contributed by atoms with Gasteiger partial charge in [-0.25, -0.2) is 4.98 Å². The second-order valence-electron chi connectivity index (χ2n) is 4.76. The number of nitrogens with zero attached hydrogens (tertiary/aromatic N) is 1. The van der Waals surface area contributed by atoms with Gasteiger partial charge in [-0.1, -0.05) is 32.1 Å². The van der Waals surface area contributed by atoms with E-state index in [1.54, 1.807) is 6.20 Å². The van der Waals surface area contributed by atoms with Crippen LogP contribution in [0.5, 0.6) is 0 Å². The molecule has 1 aliphatic carbocycles. The summed E-state index contributed by atoms with van der Waals surface area (Å²) in [6.07, 6.45) is 11.1. The SMILES string of the molecule is NNc1ccc(NC2CCCCCCC2)nc1. The third kappa shape index (κ3) is 3.89. The molecule has 0 amide bonds. The van der Waals surface area contributed by atoms with E-state index in [1.807, 2.05) is 12.1 Å². The van der Waals surface area contributed by atoms with Crippen LogP contribution in [-0.2, 0) is 0 Å². The normalized spacial score (nSPS) is 18.2. The zero-order valence-corrected chi connectivity index (χ0v) is 10.3. The first-order valence-electron chi connectivity index (χ1n) is 6.58. The molecule has 4 heteroatoms. The summed E-state index contributed by atoms with van der Waals surface area (Å²) in [5, 5.41) is 3.52. The van der Waals surface area contributed by atoms with Crippen molar-refractivity contribution < 1.29 is 0 Å². The summed E-state index contributed by atoms with van der Waals surface area (Å²) >= 11 is 0. The number of nitrogens with two attached hydrogens (primary N) is 1. The molecule has 1 fully saturated rings. The van der Waals surface area contributed by atoms with Gasteiger partial charge in [0.25, 0.3) is 0 Å². The summed E-state index contributed by atoms with van der Waals surface area (Å²) in [6, 6.07) is 4.51. The van der Waals surface area contributed by atoms with Crippen LogP contribution in [0.1, 0.15) is 44.9 Å². The summed E-state index contributed by atoms with van der Waals surface area (Å²) in [5.41, 5.74) is 3.43. The first-order chi connectivity index (χ1) is 8.38. The van der Waals surface area contributed by atoms with Crippen LogP contribution in [-0.4, -0.2) is 11.0 Å². The first-order valence-corrected chi connectivity index (χ1v) is 6.58. The van der Waals surface area contributed by atoms with E-state index in [0.717, 1.165) is 11.5 Å². The molecule has 1 aromatic rings. The second kappa shape index (κ2) is 6.45. The number of pyridine rings is 1. The molecule has 1 aliphatic rings. The van der Waals surface area contributed by atoms with E-state index >= 15 is 0 Å². The zero-order valence-electron chi connectivity index (χ0n) is 10.3. The average molecular weight is 234 g/mol. The van der Waals surface area contributed by atoms with Crippen molar-refractivity contribution in [2.24, 2.45) is 5.84 Å². The Bertz CT molecular complexity index is 315. The average Bonchev–Trinajstić information content (AvgIpc) is 2.33. The summed E-state index contributed by atoms with van der Waals surface area (Å²) in [6.45, 7) is 0. The Morgan fingerprint density at radius 2 is 1.76 bits per heavy atom. The molecule has 4 nitrogen and oxygen atoms in total. The lowest BCUT2D eigenvalue weighted by molar-refractivity contribution is 0.471.